The van der Waals surface area contributed by atoms with E-state index in [0.717, 1.165) is 37.0 Å². The van der Waals surface area contributed by atoms with E-state index in [1.807, 2.05) is 24.7 Å². The molecule has 2 heterocycles. The maximum Gasteiger partial charge on any atom is 0.178 e. The predicted molar refractivity (Wildman–Crippen MR) is 83.3 cm³/mol. The van der Waals surface area contributed by atoms with Crippen molar-refractivity contribution in [1.29, 1.82) is 5.26 Å². The van der Waals surface area contributed by atoms with E-state index in [1.54, 1.807) is 12.3 Å². The van der Waals surface area contributed by atoms with Crippen LogP contribution < -0.4 is 0 Å². The molecule has 1 aromatic carbocycles. The lowest BCUT2D eigenvalue weighted by atomic mass is 10.2. The van der Waals surface area contributed by atoms with E-state index in [2.05, 4.69) is 25.2 Å². The molecule has 0 unspecified atom stereocenters. The van der Waals surface area contributed by atoms with E-state index in [4.69, 9.17) is 17.5 Å². The Hall–Kier alpha value is -2.39. The third-order valence-corrected chi connectivity index (χ3v) is 3.86. The SMILES string of the molecule is N#Cc1cccc2c1[nH]c(=S)n2CCCCn1ccnc1. The summed E-state index contributed by atoms with van der Waals surface area (Å²) in [5.41, 5.74) is 2.47. The van der Waals surface area contributed by atoms with Gasteiger partial charge in [-0.25, -0.2) is 4.98 Å². The second kappa shape index (κ2) is 5.94. The summed E-state index contributed by atoms with van der Waals surface area (Å²) in [6.45, 7) is 1.81. The molecule has 3 rings (SSSR count). The number of fused-ring (bicyclic) bond motifs is 1. The molecule has 0 aliphatic carbocycles. The lowest BCUT2D eigenvalue weighted by molar-refractivity contribution is 0.556. The molecule has 0 spiro atoms. The average molecular weight is 297 g/mol. The summed E-state index contributed by atoms with van der Waals surface area (Å²) in [6, 6.07) is 7.89. The lowest BCUT2D eigenvalue weighted by Crippen LogP contribution is -2.01. The quantitative estimate of drug-likeness (QED) is 0.581. The number of hydrogen-bond acceptors (Lipinski definition) is 3. The number of para-hydroxylation sites is 1. The highest BCUT2D eigenvalue weighted by atomic mass is 32.1. The molecule has 0 aliphatic rings. The van der Waals surface area contributed by atoms with Gasteiger partial charge in [-0.3, -0.25) is 0 Å². The van der Waals surface area contributed by atoms with E-state index in [1.165, 1.54) is 0 Å². The van der Waals surface area contributed by atoms with Gasteiger partial charge in [0, 0.05) is 25.5 Å². The van der Waals surface area contributed by atoms with Crippen LogP contribution in [0.5, 0.6) is 0 Å². The monoisotopic (exact) mass is 297 g/mol. The molecule has 0 amide bonds. The summed E-state index contributed by atoms with van der Waals surface area (Å²) in [4.78, 5) is 7.17. The van der Waals surface area contributed by atoms with Gasteiger partial charge in [0.15, 0.2) is 4.77 Å². The van der Waals surface area contributed by atoms with E-state index < -0.39 is 0 Å². The molecule has 0 radical (unpaired) electrons. The average Bonchev–Trinajstić information content (AvgIpc) is 3.11. The standard InChI is InChI=1S/C15H15N5S/c16-10-12-4-3-5-13-14(12)18-15(21)20(13)8-2-1-7-19-9-6-17-11-19/h3-6,9,11H,1-2,7-8H2,(H,18,21). The Morgan fingerprint density at radius 3 is 2.90 bits per heavy atom. The van der Waals surface area contributed by atoms with Crippen molar-refractivity contribution in [2.24, 2.45) is 0 Å². The van der Waals surface area contributed by atoms with Gasteiger partial charge in [-0.05, 0) is 37.2 Å². The second-order valence-corrected chi connectivity index (χ2v) is 5.29. The summed E-state index contributed by atoms with van der Waals surface area (Å²) in [5, 5.41) is 9.13. The number of rotatable bonds is 5. The number of benzene rings is 1. The van der Waals surface area contributed by atoms with Crippen LogP contribution in [0.25, 0.3) is 11.0 Å². The molecule has 21 heavy (non-hydrogen) atoms. The van der Waals surface area contributed by atoms with Crippen LogP contribution in [-0.2, 0) is 13.1 Å². The maximum absolute atomic E-state index is 9.13. The van der Waals surface area contributed by atoms with Crippen LogP contribution in [0.2, 0.25) is 0 Å². The van der Waals surface area contributed by atoms with Gasteiger partial charge >= 0.3 is 0 Å². The highest BCUT2D eigenvalue weighted by Gasteiger charge is 2.07. The Labute approximate surface area is 127 Å². The number of aromatic amines is 1. The number of aromatic nitrogens is 4. The first-order valence-corrected chi connectivity index (χ1v) is 7.28. The van der Waals surface area contributed by atoms with Crippen molar-refractivity contribution in [2.75, 3.05) is 0 Å². The fraction of sp³-hybridized carbons (Fsp3) is 0.267. The smallest absolute Gasteiger partial charge is 0.178 e. The zero-order valence-corrected chi connectivity index (χ0v) is 12.3. The van der Waals surface area contributed by atoms with Crippen molar-refractivity contribution < 1.29 is 0 Å². The summed E-state index contributed by atoms with van der Waals surface area (Å²) in [7, 11) is 0. The van der Waals surface area contributed by atoms with Gasteiger partial charge in [0.1, 0.15) is 6.07 Å². The molecular formula is C15H15N5S. The van der Waals surface area contributed by atoms with Crippen LogP contribution in [0.1, 0.15) is 18.4 Å². The Morgan fingerprint density at radius 2 is 2.14 bits per heavy atom. The Bertz CT molecular complexity index is 835. The maximum atomic E-state index is 9.13. The highest BCUT2D eigenvalue weighted by Crippen LogP contribution is 2.18. The molecule has 6 heteroatoms. The van der Waals surface area contributed by atoms with Gasteiger partial charge in [-0.15, -0.1) is 0 Å². The van der Waals surface area contributed by atoms with Crippen LogP contribution in [0, 0.1) is 16.1 Å². The predicted octanol–water partition coefficient (Wildman–Crippen LogP) is 3.25. The van der Waals surface area contributed by atoms with Gasteiger partial charge in [-0.2, -0.15) is 5.26 Å². The molecule has 0 saturated heterocycles. The first-order chi connectivity index (χ1) is 10.3. The minimum absolute atomic E-state index is 0.635. The van der Waals surface area contributed by atoms with Crippen LogP contribution in [-0.4, -0.2) is 19.1 Å². The number of hydrogen-bond donors (Lipinski definition) is 1. The number of nitrogens with zero attached hydrogens (tertiary/aromatic N) is 4. The first kappa shape index (κ1) is 13.6. The van der Waals surface area contributed by atoms with Crippen LogP contribution >= 0.6 is 12.2 Å². The Balaban J connectivity index is 1.74. The normalized spacial score (nSPS) is 10.8. The van der Waals surface area contributed by atoms with Crippen molar-refractivity contribution in [2.45, 2.75) is 25.9 Å². The van der Waals surface area contributed by atoms with Crippen LogP contribution in [0.4, 0.5) is 0 Å². The molecule has 0 atom stereocenters. The summed E-state index contributed by atoms with van der Waals surface area (Å²) in [6.07, 6.45) is 7.67. The number of nitriles is 1. The molecule has 5 nitrogen and oxygen atoms in total. The van der Waals surface area contributed by atoms with Crippen molar-refractivity contribution in [1.82, 2.24) is 19.1 Å². The van der Waals surface area contributed by atoms with E-state index >= 15 is 0 Å². The van der Waals surface area contributed by atoms with Gasteiger partial charge < -0.3 is 14.1 Å². The van der Waals surface area contributed by atoms with Crippen LogP contribution in [0.3, 0.4) is 0 Å². The Kier molecular flexibility index (Phi) is 3.84. The zero-order chi connectivity index (χ0) is 14.7. The number of imidazole rings is 2. The van der Waals surface area contributed by atoms with Gasteiger partial charge in [0.05, 0.1) is 22.9 Å². The number of H-pyrrole nitrogens is 1. The summed E-state index contributed by atoms with van der Waals surface area (Å²) in [5.74, 6) is 0. The number of nitrogens with one attached hydrogen (secondary N) is 1. The molecule has 0 bridgehead atoms. The number of aryl methyl sites for hydroxylation is 2. The molecule has 106 valence electrons. The van der Waals surface area contributed by atoms with Crippen molar-refractivity contribution >= 4 is 23.3 Å². The lowest BCUT2D eigenvalue weighted by Gasteiger charge is -2.05. The van der Waals surface area contributed by atoms with Crippen molar-refractivity contribution in [3.8, 4) is 6.07 Å². The second-order valence-electron chi connectivity index (χ2n) is 4.90. The van der Waals surface area contributed by atoms with Gasteiger partial charge in [-0.1, -0.05) is 6.07 Å². The van der Waals surface area contributed by atoms with E-state index in [-0.39, 0.29) is 0 Å². The molecule has 0 fully saturated rings. The fourth-order valence-corrected chi connectivity index (χ4v) is 2.77. The Morgan fingerprint density at radius 1 is 1.29 bits per heavy atom. The third-order valence-electron chi connectivity index (χ3n) is 3.54. The van der Waals surface area contributed by atoms with Crippen molar-refractivity contribution in [3.05, 3.63) is 47.3 Å². The zero-order valence-electron chi connectivity index (χ0n) is 11.5. The third kappa shape index (κ3) is 2.73. The van der Waals surface area contributed by atoms with Crippen LogP contribution in [0.15, 0.2) is 36.9 Å². The van der Waals surface area contributed by atoms with Gasteiger partial charge in [0.25, 0.3) is 0 Å². The van der Waals surface area contributed by atoms with Gasteiger partial charge in [0.2, 0.25) is 0 Å². The first-order valence-electron chi connectivity index (χ1n) is 6.87. The van der Waals surface area contributed by atoms with Crippen molar-refractivity contribution in [3.63, 3.8) is 0 Å². The molecular weight excluding hydrogens is 282 g/mol. The summed E-state index contributed by atoms with van der Waals surface area (Å²) >= 11 is 5.37. The van der Waals surface area contributed by atoms with E-state index in [9.17, 15) is 0 Å². The topological polar surface area (TPSA) is 62.3 Å². The molecule has 2 aromatic heterocycles. The summed E-state index contributed by atoms with van der Waals surface area (Å²) < 4.78 is 4.82. The fourth-order valence-electron chi connectivity index (χ4n) is 2.48. The molecule has 0 aliphatic heterocycles. The largest absolute Gasteiger partial charge is 0.337 e. The molecule has 1 N–H and O–H groups in total. The molecule has 3 aromatic rings. The highest BCUT2D eigenvalue weighted by molar-refractivity contribution is 7.71. The van der Waals surface area contributed by atoms with E-state index in [0.29, 0.717) is 10.3 Å². The molecule has 0 saturated carbocycles. The minimum atomic E-state index is 0.635. The number of unbranched alkanes of at least 4 members (excludes halogenated alkanes) is 1. The minimum Gasteiger partial charge on any atom is -0.337 e.